The Bertz CT molecular complexity index is 625. The summed E-state index contributed by atoms with van der Waals surface area (Å²) in [4.78, 5) is 5.48. The molecule has 0 aromatic heterocycles. The van der Waals surface area contributed by atoms with E-state index in [1.807, 2.05) is 0 Å². The van der Waals surface area contributed by atoms with E-state index in [4.69, 9.17) is 14.3 Å². The molecular weight excluding hydrogens is 398 g/mol. The fraction of sp³-hybridized carbons (Fsp3) is 0.893. The topological polar surface area (TPSA) is 40.0 Å². The summed E-state index contributed by atoms with van der Waals surface area (Å²) < 4.78 is 12.3. The van der Waals surface area contributed by atoms with Gasteiger partial charge in [-0.3, -0.25) is 0 Å². The van der Waals surface area contributed by atoms with Crippen LogP contribution in [-0.2, 0) is 14.3 Å². The molecule has 190 valence electrons. The van der Waals surface area contributed by atoms with Gasteiger partial charge >= 0.3 is 0 Å². The van der Waals surface area contributed by atoms with Crippen molar-refractivity contribution in [3.05, 3.63) is 11.6 Å². The molecule has 4 unspecified atom stereocenters. The fourth-order valence-electron chi connectivity index (χ4n) is 5.39. The Labute approximate surface area is 200 Å². The highest BCUT2D eigenvalue weighted by Gasteiger charge is 2.46. The molecule has 0 aromatic rings. The van der Waals surface area contributed by atoms with Gasteiger partial charge in [-0.1, -0.05) is 73.5 Å². The summed E-state index contributed by atoms with van der Waals surface area (Å²) in [6.07, 6.45) is 2.13. The Morgan fingerprint density at radius 2 is 1.38 bits per heavy atom. The normalized spacial score (nSPS) is 28.6. The first-order chi connectivity index (χ1) is 14.0. The molecule has 4 nitrogen and oxygen atoms in total. The summed E-state index contributed by atoms with van der Waals surface area (Å²) >= 11 is 0. The zero-order chi connectivity index (χ0) is 24.3. The Morgan fingerprint density at radius 1 is 0.844 bits per heavy atom. The number of allylic oxidation sites excluding steroid dienone is 1. The third kappa shape index (κ3) is 7.87. The van der Waals surface area contributed by atoms with Crippen molar-refractivity contribution in [3.8, 4) is 0 Å². The third-order valence-corrected chi connectivity index (χ3v) is 6.42. The van der Waals surface area contributed by atoms with Crippen molar-refractivity contribution < 1.29 is 14.3 Å². The van der Waals surface area contributed by atoms with Crippen LogP contribution in [0.25, 0.3) is 0 Å². The largest absolute Gasteiger partial charge is 0.389 e. The smallest absolute Gasteiger partial charge is 0.178 e. The fourth-order valence-corrected chi connectivity index (χ4v) is 5.39. The van der Waals surface area contributed by atoms with Crippen LogP contribution in [0.1, 0.15) is 104 Å². The average molecular weight is 454 g/mol. The highest BCUT2D eigenvalue weighted by atomic mass is 16.7. The van der Waals surface area contributed by atoms with Crippen molar-refractivity contribution in [1.29, 1.82) is 0 Å². The van der Waals surface area contributed by atoms with Crippen molar-refractivity contribution in [2.45, 2.75) is 128 Å². The van der Waals surface area contributed by atoms with Crippen LogP contribution >= 0.6 is 0 Å². The van der Waals surface area contributed by atoms with E-state index in [0.29, 0.717) is 35.5 Å². The van der Waals surface area contributed by atoms with E-state index >= 15 is 0 Å². The van der Waals surface area contributed by atoms with Crippen LogP contribution in [0.3, 0.4) is 0 Å². The van der Waals surface area contributed by atoms with Crippen molar-refractivity contribution in [2.24, 2.45) is 40.7 Å². The number of ether oxygens (including phenoxy) is 2. The highest BCUT2D eigenvalue weighted by molar-refractivity contribution is 5.90. The van der Waals surface area contributed by atoms with Crippen LogP contribution in [0.2, 0.25) is 0 Å². The summed E-state index contributed by atoms with van der Waals surface area (Å²) in [6.45, 7) is 30.6. The molecule has 4 heteroatoms. The minimum atomic E-state index is -0.201. The quantitative estimate of drug-likeness (QED) is 0.395. The first-order valence-corrected chi connectivity index (χ1v) is 12.3. The predicted molar refractivity (Wildman–Crippen MR) is 139 cm³/mol. The van der Waals surface area contributed by atoms with Crippen LogP contribution < -0.4 is 0 Å². The zero-order valence-electron chi connectivity index (χ0n) is 22.9. The maximum atomic E-state index is 6.17. The van der Waals surface area contributed by atoms with Gasteiger partial charge < -0.3 is 14.3 Å². The lowest BCUT2D eigenvalue weighted by Crippen LogP contribution is -2.55. The number of rotatable bonds is 5. The van der Waals surface area contributed by atoms with Gasteiger partial charge in [-0.2, -0.15) is 0 Å². The number of oxime groups is 1. The van der Waals surface area contributed by atoms with E-state index < -0.39 is 0 Å². The molecule has 0 spiro atoms. The van der Waals surface area contributed by atoms with Gasteiger partial charge in [0.15, 0.2) is 6.29 Å². The molecule has 0 saturated carbocycles. The van der Waals surface area contributed by atoms with Gasteiger partial charge in [0.25, 0.3) is 0 Å². The summed E-state index contributed by atoms with van der Waals surface area (Å²) in [5.74, 6) is 3.05. The Hall–Kier alpha value is -0.870. The summed E-state index contributed by atoms with van der Waals surface area (Å²) in [5.41, 5.74) is 2.20. The minimum Gasteiger partial charge on any atom is -0.389 e. The monoisotopic (exact) mass is 453 g/mol. The molecule has 0 radical (unpaired) electrons. The molecule has 2 heterocycles. The third-order valence-electron chi connectivity index (χ3n) is 6.42. The summed E-state index contributed by atoms with van der Waals surface area (Å²) in [5, 5.41) is 4.21. The maximum Gasteiger partial charge on any atom is 0.178 e. The molecule has 0 N–H and O–H groups in total. The second-order valence-electron chi connectivity index (χ2n) is 12.0. The van der Waals surface area contributed by atoms with Gasteiger partial charge in [0.1, 0.15) is 5.60 Å². The van der Waals surface area contributed by atoms with Crippen molar-refractivity contribution >= 4 is 5.71 Å². The van der Waals surface area contributed by atoms with Gasteiger partial charge in [0, 0.05) is 11.8 Å². The molecule has 32 heavy (non-hydrogen) atoms. The zero-order valence-corrected chi connectivity index (χ0v) is 22.9. The van der Waals surface area contributed by atoms with Gasteiger partial charge in [-0.15, -0.1) is 0 Å². The molecule has 4 atom stereocenters. The van der Waals surface area contributed by atoms with Gasteiger partial charge in [-0.25, -0.2) is 0 Å². The van der Waals surface area contributed by atoms with Gasteiger partial charge in [0.2, 0.25) is 0 Å². The summed E-state index contributed by atoms with van der Waals surface area (Å²) in [7, 11) is 0. The Kier molecular flexibility index (Phi) is 11.7. The maximum absolute atomic E-state index is 6.17. The summed E-state index contributed by atoms with van der Waals surface area (Å²) in [6, 6.07) is 0. The lowest BCUT2D eigenvalue weighted by Gasteiger charge is -2.50. The van der Waals surface area contributed by atoms with E-state index in [-0.39, 0.29) is 31.0 Å². The lowest BCUT2D eigenvalue weighted by molar-refractivity contribution is -0.296. The molecule has 0 aliphatic carbocycles. The van der Waals surface area contributed by atoms with Crippen LogP contribution in [0.4, 0.5) is 0 Å². The molecule has 0 aromatic carbocycles. The molecule has 2 aliphatic rings. The van der Waals surface area contributed by atoms with Crippen LogP contribution in [0.5, 0.6) is 0 Å². The molecule has 2 rings (SSSR count). The molecule has 1 fully saturated rings. The van der Waals surface area contributed by atoms with Crippen molar-refractivity contribution in [2.75, 3.05) is 0 Å². The van der Waals surface area contributed by atoms with Crippen molar-refractivity contribution in [3.63, 3.8) is 0 Å². The standard InChI is InChI=1S/C16H30O2.C11H21NO.CH4/c1-10(2)9-13-17-15(12(5)6)14(11(3)4)16(7,8)18-13;1-7(2)9-10(8(3)4)12-13-11(9,5)6;/h9,11-15H,1-8H3;7-9H,1-6H3;1H4. The Morgan fingerprint density at radius 3 is 1.72 bits per heavy atom. The minimum absolute atomic E-state index is 0. The highest BCUT2D eigenvalue weighted by Crippen LogP contribution is 2.41. The van der Waals surface area contributed by atoms with E-state index in [2.05, 4.69) is 108 Å². The van der Waals surface area contributed by atoms with Crippen LogP contribution in [0.15, 0.2) is 16.8 Å². The second-order valence-corrected chi connectivity index (χ2v) is 12.0. The molecular formula is C28H55NO3. The Balaban J connectivity index is 0.000000611. The van der Waals surface area contributed by atoms with Crippen molar-refractivity contribution in [1.82, 2.24) is 0 Å². The average Bonchev–Trinajstić information content (AvgIpc) is 2.88. The first-order valence-electron chi connectivity index (χ1n) is 12.3. The number of nitrogens with zero attached hydrogens (tertiary/aromatic N) is 1. The molecule has 0 bridgehead atoms. The second kappa shape index (κ2) is 12.0. The van der Waals surface area contributed by atoms with E-state index in [0.717, 1.165) is 0 Å². The molecule has 1 saturated heterocycles. The van der Waals surface area contributed by atoms with E-state index in [9.17, 15) is 0 Å². The first kappa shape index (κ1) is 31.1. The number of hydrogen-bond donors (Lipinski definition) is 0. The van der Waals surface area contributed by atoms with Crippen LogP contribution in [0, 0.1) is 35.5 Å². The van der Waals surface area contributed by atoms with Crippen LogP contribution in [-0.4, -0.2) is 29.3 Å². The lowest BCUT2D eigenvalue weighted by atomic mass is 9.74. The van der Waals surface area contributed by atoms with Gasteiger partial charge in [-0.05, 0) is 71.3 Å². The van der Waals surface area contributed by atoms with Gasteiger partial charge in [0.05, 0.1) is 17.4 Å². The predicted octanol–water partition coefficient (Wildman–Crippen LogP) is 8.12. The van der Waals surface area contributed by atoms with E-state index in [1.54, 1.807) is 0 Å². The SMILES string of the molecule is C.CC(C)=CC1OC(C(C)C)C(C(C)C)C(C)(C)O1.CC(C)C1=NOC(C)(C)C1C(C)C. The van der Waals surface area contributed by atoms with E-state index in [1.165, 1.54) is 11.3 Å². The molecule has 0 amide bonds. The molecule has 2 aliphatic heterocycles. The number of hydrogen-bond acceptors (Lipinski definition) is 4.